The van der Waals surface area contributed by atoms with Gasteiger partial charge in [-0.3, -0.25) is 0 Å². The molecule has 0 radical (unpaired) electrons. The predicted octanol–water partition coefficient (Wildman–Crippen LogP) is 3.42. The number of rotatable bonds is 4. The number of nitrogens with one attached hydrogen (secondary N) is 1. The van der Waals surface area contributed by atoms with Gasteiger partial charge >= 0.3 is 0 Å². The maximum atomic E-state index is 13.1. The van der Waals surface area contributed by atoms with Crippen LogP contribution in [0.5, 0.6) is 11.5 Å². The molecule has 0 amide bonds. The van der Waals surface area contributed by atoms with E-state index < -0.39 is 11.6 Å². The minimum Gasteiger partial charge on any atom is -0.490 e. The average molecular weight is 305 g/mol. The largest absolute Gasteiger partial charge is 0.490 e. The highest BCUT2D eigenvalue weighted by Crippen LogP contribution is 2.30. The summed E-state index contributed by atoms with van der Waals surface area (Å²) in [6.07, 6.45) is 0.873. The van der Waals surface area contributed by atoms with Gasteiger partial charge in [0.15, 0.2) is 23.1 Å². The summed E-state index contributed by atoms with van der Waals surface area (Å²) in [5, 5.41) is 3.20. The first-order valence-electron chi connectivity index (χ1n) is 7.25. The van der Waals surface area contributed by atoms with Crippen LogP contribution in [-0.4, -0.2) is 13.2 Å². The first-order valence-corrected chi connectivity index (χ1v) is 7.25. The Labute approximate surface area is 127 Å². The molecule has 1 N–H and O–H groups in total. The van der Waals surface area contributed by atoms with Crippen molar-refractivity contribution in [1.82, 2.24) is 5.32 Å². The van der Waals surface area contributed by atoms with Gasteiger partial charge in [-0.25, -0.2) is 8.78 Å². The van der Waals surface area contributed by atoms with E-state index in [2.05, 4.69) is 5.32 Å². The van der Waals surface area contributed by atoms with Crippen molar-refractivity contribution in [2.75, 3.05) is 13.2 Å². The summed E-state index contributed by atoms with van der Waals surface area (Å²) in [6, 6.07) is 9.72. The van der Waals surface area contributed by atoms with Gasteiger partial charge in [0.05, 0.1) is 13.2 Å². The van der Waals surface area contributed by atoms with Crippen LogP contribution < -0.4 is 14.8 Å². The summed E-state index contributed by atoms with van der Waals surface area (Å²) >= 11 is 0. The monoisotopic (exact) mass is 305 g/mol. The van der Waals surface area contributed by atoms with Crippen LogP contribution in [0.1, 0.15) is 17.5 Å². The summed E-state index contributed by atoms with van der Waals surface area (Å²) in [4.78, 5) is 0. The Hall–Kier alpha value is -2.14. The summed E-state index contributed by atoms with van der Waals surface area (Å²) in [5.41, 5.74) is 1.75. The van der Waals surface area contributed by atoms with Gasteiger partial charge in [0.1, 0.15) is 0 Å². The van der Waals surface area contributed by atoms with Crippen LogP contribution in [0.2, 0.25) is 0 Å². The first kappa shape index (κ1) is 14.8. The Morgan fingerprint density at radius 2 is 1.50 bits per heavy atom. The molecule has 116 valence electrons. The number of benzene rings is 2. The van der Waals surface area contributed by atoms with Crippen molar-refractivity contribution in [2.24, 2.45) is 0 Å². The fourth-order valence-corrected chi connectivity index (χ4v) is 2.32. The molecule has 22 heavy (non-hydrogen) atoms. The minimum atomic E-state index is -0.827. The predicted molar refractivity (Wildman–Crippen MR) is 79.0 cm³/mol. The standard InChI is InChI=1S/C17H17F2NO2/c18-14-4-2-12(8-15(14)19)10-20-11-13-3-5-16-17(9-13)22-7-1-6-21-16/h2-5,8-9,20H,1,6-7,10-11H2. The fraction of sp³-hybridized carbons (Fsp3) is 0.294. The molecule has 1 aliphatic heterocycles. The molecule has 0 saturated heterocycles. The van der Waals surface area contributed by atoms with E-state index in [-0.39, 0.29) is 0 Å². The topological polar surface area (TPSA) is 30.5 Å². The Morgan fingerprint density at radius 1 is 0.818 bits per heavy atom. The first-order chi connectivity index (χ1) is 10.7. The van der Waals surface area contributed by atoms with E-state index in [1.54, 1.807) is 6.07 Å². The van der Waals surface area contributed by atoms with Gasteiger partial charge in [-0.1, -0.05) is 12.1 Å². The molecule has 5 heteroatoms. The van der Waals surface area contributed by atoms with Gasteiger partial charge in [0, 0.05) is 19.5 Å². The van der Waals surface area contributed by atoms with Crippen LogP contribution in [0.3, 0.4) is 0 Å². The van der Waals surface area contributed by atoms with Crippen LogP contribution >= 0.6 is 0 Å². The van der Waals surface area contributed by atoms with E-state index in [4.69, 9.17) is 9.47 Å². The maximum absolute atomic E-state index is 13.1. The third-order valence-corrected chi connectivity index (χ3v) is 3.45. The van der Waals surface area contributed by atoms with Gasteiger partial charge in [0.2, 0.25) is 0 Å². The lowest BCUT2D eigenvalue weighted by molar-refractivity contribution is 0.297. The zero-order valence-electron chi connectivity index (χ0n) is 12.1. The lowest BCUT2D eigenvalue weighted by atomic mass is 10.2. The smallest absolute Gasteiger partial charge is 0.161 e. The Morgan fingerprint density at radius 3 is 2.27 bits per heavy atom. The van der Waals surface area contributed by atoms with Crippen LogP contribution in [-0.2, 0) is 13.1 Å². The van der Waals surface area contributed by atoms with Crippen molar-refractivity contribution in [3.63, 3.8) is 0 Å². The number of fused-ring (bicyclic) bond motifs is 1. The zero-order chi connectivity index (χ0) is 15.4. The Bertz CT molecular complexity index is 661. The molecule has 3 rings (SSSR count). The van der Waals surface area contributed by atoms with Crippen LogP contribution in [0.25, 0.3) is 0 Å². The summed E-state index contributed by atoms with van der Waals surface area (Å²) < 4.78 is 37.2. The molecule has 0 saturated carbocycles. The molecule has 3 nitrogen and oxygen atoms in total. The highest BCUT2D eigenvalue weighted by molar-refractivity contribution is 5.43. The Kier molecular flexibility index (Phi) is 4.53. The van der Waals surface area contributed by atoms with Crippen molar-refractivity contribution >= 4 is 0 Å². The SMILES string of the molecule is Fc1ccc(CNCc2ccc3c(c2)OCCCO3)cc1F. The lowest BCUT2D eigenvalue weighted by Gasteiger charge is -2.10. The normalized spacial score (nSPS) is 13.7. The fourth-order valence-electron chi connectivity index (χ4n) is 2.32. The number of ether oxygens (including phenoxy) is 2. The molecule has 2 aromatic rings. The molecule has 0 atom stereocenters. The van der Waals surface area contributed by atoms with Gasteiger partial charge < -0.3 is 14.8 Å². The second-order valence-corrected chi connectivity index (χ2v) is 5.18. The van der Waals surface area contributed by atoms with Gasteiger partial charge in [-0.05, 0) is 35.4 Å². The molecular weight excluding hydrogens is 288 g/mol. The van der Waals surface area contributed by atoms with Crippen LogP contribution in [0, 0.1) is 11.6 Å². The van der Waals surface area contributed by atoms with E-state index in [0.29, 0.717) is 31.9 Å². The van der Waals surface area contributed by atoms with E-state index in [9.17, 15) is 8.78 Å². The molecule has 0 unspecified atom stereocenters. The maximum Gasteiger partial charge on any atom is 0.161 e. The molecule has 0 spiro atoms. The zero-order valence-corrected chi connectivity index (χ0v) is 12.1. The molecule has 0 fully saturated rings. The Balaban J connectivity index is 1.59. The minimum absolute atomic E-state index is 0.464. The molecule has 2 aromatic carbocycles. The highest BCUT2D eigenvalue weighted by Gasteiger charge is 2.10. The highest BCUT2D eigenvalue weighted by atomic mass is 19.2. The van der Waals surface area contributed by atoms with E-state index in [1.807, 2.05) is 18.2 Å². The van der Waals surface area contributed by atoms with Crippen molar-refractivity contribution in [3.8, 4) is 11.5 Å². The van der Waals surface area contributed by atoms with E-state index in [1.165, 1.54) is 6.07 Å². The quantitative estimate of drug-likeness (QED) is 0.939. The van der Waals surface area contributed by atoms with Gasteiger partial charge in [-0.2, -0.15) is 0 Å². The third-order valence-electron chi connectivity index (χ3n) is 3.45. The van der Waals surface area contributed by atoms with Crippen molar-refractivity contribution in [2.45, 2.75) is 19.5 Å². The number of halogens is 2. The van der Waals surface area contributed by atoms with Crippen molar-refractivity contribution in [1.29, 1.82) is 0 Å². The lowest BCUT2D eigenvalue weighted by Crippen LogP contribution is -2.13. The number of hydrogen-bond acceptors (Lipinski definition) is 3. The molecular formula is C17H17F2NO2. The van der Waals surface area contributed by atoms with Crippen LogP contribution in [0.4, 0.5) is 8.78 Å². The summed E-state index contributed by atoms with van der Waals surface area (Å²) in [6.45, 7) is 2.39. The van der Waals surface area contributed by atoms with E-state index in [0.717, 1.165) is 29.5 Å². The third kappa shape index (κ3) is 3.54. The summed E-state index contributed by atoms with van der Waals surface area (Å²) in [5.74, 6) is -0.131. The second-order valence-electron chi connectivity index (χ2n) is 5.18. The van der Waals surface area contributed by atoms with Crippen LogP contribution in [0.15, 0.2) is 36.4 Å². The molecule has 0 aliphatic carbocycles. The summed E-state index contributed by atoms with van der Waals surface area (Å²) in [7, 11) is 0. The second kappa shape index (κ2) is 6.75. The molecule has 1 aliphatic rings. The van der Waals surface area contributed by atoms with Gasteiger partial charge in [-0.15, -0.1) is 0 Å². The van der Waals surface area contributed by atoms with Crippen molar-refractivity contribution < 1.29 is 18.3 Å². The average Bonchev–Trinajstić information content (AvgIpc) is 2.75. The van der Waals surface area contributed by atoms with Crippen molar-refractivity contribution in [3.05, 3.63) is 59.2 Å². The molecule has 1 heterocycles. The molecule has 0 bridgehead atoms. The van der Waals surface area contributed by atoms with Gasteiger partial charge in [0.25, 0.3) is 0 Å². The van der Waals surface area contributed by atoms with E-state index >= 15 is 0 Å². The molecule has 0 aromatic heterocycles. The number of hydrogen-bond donors (Lipinski definition) is 1.